The predicted octanol–water partition coefficient (Wildman–Crippen LogP) is 4.20. The molecule has 9 nitrogen and oxygen atoms in total. The molecule has 1 atom stereocenters. The molecular weight excluding hydrogens is 470 g/mol. The van der Waals surface area contributed by atoms with Crippen molar-refractivity contribution in [1.29, 1.82) is 0 Å². The van der Waals surface area contributed by atoms with E-state index in [1.54, 1.807) is 37.3 Å². The fraction of sp³-hybridized carbons (Fsp3) is 0.320. The monoisotopic (exact) mass is 495 g/mol. The van der Waals surface area contributed by atoms with Crippen LogP contribution in [0.2, 0.25) is 5.02 Å². The van der Waals surface area contributed by atoms with Crippen LogP contribution in [0.4, 0.5) is 23.1 Å². The number of halogens is 1. The molecule has 0 bridgehead atoms. The number of carboxylic acids is 1. The predicted molar refractivity (Wildman–Crippen MR) is 134 cm³/mol. The second kappa shape index (κ2) is 9.24. The van der Waals surface area contributed by atoms with E-state index in [0.29, 0.717) is 39.5 Å². The molecule has 0 saturated carbocycles. The second-order valence-electron chi connectivity index (χ2n) is 8.73. The van der Waals surface area contributed by atoms with Crippen molar-refractivity contribution >= 4 is 40.7 Å². The van der Waals surface area contributed by atoms with Crippen molar-refractivity contribution in [3.05, 3.63) is 58.2 Å². The first-order valence-corrected chi connectivity index (χ1v) is 11.6. The van der Waals surface area contributed by atoms with Crippen molar-refractivity contribution in [1.82, 2.24) is 14.9 Å². The highest BCUT2D eigenvalue weighted by atomic mass is 35.5. The number of fused-ring (bicyclic) bond motifs is 2. The van der Waals surface area contributed by atoms with Gasteiger partial charge in [-0.25, -0.2) is 4.98 Å². The second-order valence-corrected chi connectivity index (χ2v) is 9.13. The number of benzene rings is 2. The van der Waals surface area contributed by atoms with Gasteiger partial charge in [-0.2, -0.15) is 4.98 Å². The standard InChI is InChI=1S/C25H26ClN5O4/c1-30-7-6-14-9-22(35-3)20(8-15(14)12-30)28-25-27-11-19(26)23(29-25)31-13-18(24(32)33)17-5-4-16(34-2)10-21(17)31/h4-5,8-11,18H,6-7,12-13H2,1-3H3,(H,32,33)(H,27,28,29). The van der Waals surface area contributed by atoms with Gasteiger partial charge in [0.15, 0.2) is 5.82 Å². The normalized spacial score (nSPS) is 17.0. The molecule has 2 aromatic carbocycles. The number of hydrogen-bond donors (Lipinski definition) is 2. The van der Waals surface area contributed by atoms with Crippen molar-refractivity contribution in [2.45, 2.75) is 18.9 Å². The Kier molecular flexibility index (Phi) is 6.12. The number of anilines is 4. The molecule has 2 aliphatic heterocycles. The van der Waals surface area contributed by atoms with Gasteiger partial charge in [-0.1, -0.05) is 17.7 Å². The van der Waals surface area contributed by atoms with Gasteiger partial charge < -0.3 is 29.7 Å². The number of rotatable bonds is 6. The molecule has 1 aromatic heterocycles. The zero-order chi connectivity index (χ0) is 24.7. The van der Waals surface area contributed by atoms with Crippen LogP contribution < -0.4 is 19.7 Å². The molecule has 0 aliphatic carbocycles. The molecule has 0 spiro atoms. The minimum atomic E-state index is -0.911. The Labute approximate surface area is 208 Å². The largest absolute Gasteiger partial charge is 0.497 e. The zero-order valence-corrected chi connectivity index (χ0v) is 20.5. The van der Waals surface area contributed by atoms with Crippen LogP contribution in [0.3, 0.4) is 0 Å². The highest BCUT2D eigenvalue weighted by molar-refractivity contribution is 6.33. The van der Waals surface area contributed by atoms with Gasteiger partial charge in [0.2, 0.25) is 5.95 Å². The van der Waals surface area contributed by atoms with Gasteiger partial charge in [0.25, 0.3) is 0 Å². The molecule has 0 amide bonds. The summed E-state index contributed by atoms with van der Waals surface area (Å²) in [7, 11) is 5.30. The average molecular weight is 496 g/mol. The number of aliphatic carboxylic acids is 1. The topological polar surface area (TPSA) is 100 Å². The molecule has 5 rings (SSSR count). The third-order valence-electron chi connectivity index (χ3n) is 6.52. The lowest BCUT2D eigenvalue weighted by atomic mass is 9.99. The van der Waals surface area contributed by atoms with Crippen molar-refractivity contribution in [2.24, 2.45) is 0 Å². The summed E-state index contributed by atoms with van der Waals surface area (Å²) in [6, 6.07) is 9.45. The summed E-state index contributed by atoms with van der Waals surface area (Å²) in [6.07, 6.45) is 2.48. The van der Waals surface area contributed by atoms with E-state index in [-0.39, 0.29) is 6.54 Å². The highest BCUT2D eigenvalue weighted by Gasteiger charge is 2.36. The van der Waals surface area contributed by atoms with E-state index in [1.807, 2.05) is 0 Å². The first kappa shape index (κ1) is 23.2. The van der Waals surface area contributed by atoms with Crippen LogP contribution in [0.1, 0.15) is 22.6 Å². The minimum Gasteiger partial charge on any atom is -0.497 e. The van der Waals surface area contributed by atoms with Crippen molar-refractivity contribution in [3.63, 3.8) is 0 Å². The van der Waals surface area contributed by atoms with Crippen LogP contribution in [-0.4, -0.2) is 60.3 Å². The summed E-state index contributed by atoms with van der Waals surface area (Å²) < 4.78 is 11.0. The van der Waals surface area contributed by atoms with Gasteiger partial charge in [-0.3, -0.25) is 4.79 Å². The molecule has 2 aliphatic rings. The maximum absolute atomic E-state index is 11.9. The Morgan fingerprint density at radius 1 is 1.20 bits per heavy atom. The molecule has 10 heteroatoms. The van der Waals surface area contributed by atoms with Crippen LogP contribution in [-0.2, 0) is 17.8 Å². The van der Waals surface area contributed by atoms with Gasteiger partial charge >= 0.3 is 5.97 Å². The Morgan fingerprint density at radius 2 is 2.03 bits per heavy atom. The quantitative estimate of drug-likeness (QED) is 0.521. The molecule has 35 heavy (non-hydrogen) atoms. The number of nitrogens with one attached hydrogen (secondary N) is 1. The molecule has 0 saturated heterocycles. The maximum Gasteiger partial charge on any atom is 0.312 e. The molecule has 3 heterocycles. The summed E-state index contributed by atoms with van der Waals surface area (Å²) >= 11 is 6.51. The van der Waals surface area contributed by atoms with Gasteiger partial charge in [0, 0.05) is 25.7 Å². The number of methoxy groups -OCH3 is 2. The molecular formula is C25H26ClN5O4. The summed E-state index contributed by atoms with van der Waals surface area (Å²) in [4.78, 5) is 25.1. The number of hydrogen-bond acceptors (Lipinski definition) is 8. The summed E-state index contributed by atoms with van der Waals surface area (Å²) in [6.45, 7) is 2.05. The summed E-state index contributed by atoms with van der Waals surface area (Å²) in [5.74, 6) is 0.444. The first-order valence-electron chi connectivity index (χ1n) is 11.2. The molecule has 3 aromatic rings. The molecule has 0 fully saturated rings. The Bertz CT molecular complexity index is 1300. The first-order chi connectivity index (χ1) is 16.9. The van der Waals surface area contributed by atoms with E-state index >= 15 is 0 Å². The number of ether oxygens (including phenoxy) is 2. The Balaban J connectivity index is 1.51. The molecule has 0 radical (unpaired) electrons. The van der Waals surface area contributed by atoms with Gasteiger partial charge in [0.05, 0.1) is 31.8 Å². The fourth-order valence-electron chi connectivity index (χ4n) is 4.69. The van der Waals surface area contributed by atoms with E-state index in [2.05, 4.69) is 39.4 Å². The number of carbonyl (C=O) groups is 1. The number of likely N-dealkylation sites (N-methyl/N-ethyl adjacent to an activating group) is 1. The summed E-state index contributed by atoms with van der Waals surface area (Å²) in [5.41, 5.74) is 4.62. The van der Waals surface area contributed by atoms with Gasteiger partial charge in [0.1, 0.15) is 22.4 Å². The maximum atomic E-state index is 11.9. The summed E-state index contributed by atoms with van der Waals surface area (Å²) in [5, 5.41) is 13.4. The van der Waals surface area contributed by atoms with Crippen LogP contribution in [0.15, 0.2) is 36.5 Å². The van der Waals surface area contributed by atoms with Crippen LogP contribution in [0, 0.1) is 0 Å². The van der Waals surface area contributed by atoms with Crippen LogP contribution in [0.5, 0.6) is 11.5 Å². The van der Waals surface area contributed by atoms with E-state index in [1.165, 1.54) is 17.3 Å². The lowest BCUT2D eigenvalue weighted by molar-refractivity contribution is -0.138. The average Bonchev–Trinajstić information content (AvgIpc) is 3.23. The van der Waals surface area contributed by atoms with E-state index < -0.39 is 11.9 Å². The fourth-order valence-corrected chi connectivity index (χ4v) is 4.89. The molecule has 2 N–H and O–H groups in total. The van der Waals surface area contributed by atoms with E-state index in [0.717, 1.165) is 25.2 Å². The molecule has 182 valence electrons. The minimum absolute atomic E-state index is 0.197. The Hall–Kier alpha value is -3.56. The molecule has 1 unspecified atom stereocenters. The third-order valence-corrected chi connectivity index (χ3v) is 6.79. The van der Waals surface area contributed by atoms with Gasteiger partial charge in [-0.15, -0.1) is 0 Å². The van der Waals surface area contributed by atoms with Crippen molar-refractivity contribution < 1.29 is 19.4 Å². The SMILES string of the molecule is COc1ccc2c(c1)N(c1nc(Nc3cc4c(cc3OC)CCN(C)C4)ncc1Cl)CC2C(=O)O. The lowest BCUT2D eigenvalue weighted by Crippen LogP contribution is -2.26. The van der Waals surface area contributed by atoms with Crippen LogP contribution in [0.25, 0.3) is 0 Å². The smallest absolute Gasteiger partial charge is 0.312 e. The van der Waals surface area contributed by atoms with E-state index in [9.17, 15) is 9.90 Å². The van der Waals surface area contributed by atoms with E-state index in [4.69, 9.17) is 21.1 Å². The lowest BCUT2D eigenvalue weighted by Gasteiger charge is -2.26. The number of nitrogens with zero attached hydrogens (tertiary/aromatic N) is 4. The van der Waals surface area contributed by atoms with Gasteiger partial charge in [-0.05, 0) is 48.4 Å². The van der Waals surface area contributed by atoms with Crippen LogP contribution >= 0.6 is 11.6 Å². The van der Waals surface area contributed by atoms with Crippen molar-refractivity contribution in [2.75, 3.05) is 44.6 Å². The highest BCUT2D eigenvalue weighted by Crippen LogP contribution is 2.44. The van der Waals surface area contributed by atoms with Crippen molar-refractivity contribution in [3.8, 4) is 11.5 Å². The third kappa shape index (κ3) is 4.33. The Morgan fingerprint density at radius 3 is 2.77 bits per heavy atom. The number of carboxylic acid groups (broad SMARTS) is 1. The zero-order valence-electron chi connectivity index (χ0n) is 19.7. The number of aromatic nitrogens is 2.